The molecular weight excluding hydrogens is 426 g/mol. The molecule has 8 nitrogen and oxygen atoms in total. The lowest BCUT2D eigenvalue weighted by atomic mass is 10.2. The molecule has 1 aliphatic rings. The van der Waals surface area contributed by atoms with Crippen molar-refractivity contribution in [3.63, 3.8) is 0 Å². The molecule has 0 amide bonds. The van der Waals surface area contributed by atoms with E-state index in [-0.39, 0.29) is 0 Å². The summed E-state index contributed by atoms with van der Waals surface area (Å²) in [7, 11) is 1.67. The van der Waals surface area contributed by atoms with Crippen LogP contribution in [0.2, 0.25) is 0 Å². The summed E-state index contributed by atoms with van der Waals surface area (Å²) < 4.78 is 16.4. The first-order chi connectivity index (χ1) is 15.6. The van der Waals surface area contributed by atoms with E-state index in [1.165, 1.54) is 0 Å². The maximum Gasteiger partial charge on any atom is 0.256 e. The van der Waals surface area contributed by atoms with E-state index >= 15 is 0 Å². The molecule has 3 aromatic heterocycles. The number of rotatable bonds is 9. The number of aryl methyl sites for hydroxylation is 2. The van der Waals surface area contributed by atoms with Crippen LogP contribution in [0.25, 0.3) is 0 Å². The third kappa shape index (κ3) is 5.99. The Morgan fingerprint density at radius 1 is 1.06 bits per heavy atom. The third-order valence-corrected chi connectivity index (χ3v) is 6.06. The van der Waals surface area contributed by atoms with E-state index in [9.17, 15) is 0 Å². The zero-order chi connectivity index (χ0) is 22.3. The molecule has 1 saturated heterocycles. The second-order valence-corrected chi connectivity index (χ2v) is 8.54. The predicted molar refractivity (Wildman–Crippen MR) is 125 cm³/mol. The number of aromatic nitrogens is 3. The molecule has 0 radical (unpaired) electrons. The van der Waals surface area contributed by atoms with Gasteiger partial charge in [-0.2, -0.15) is 0 Å². The van der Waals surface area contributed by atoms with Crippen molar-refractivity contribution in [1.29, 1.82) is 0 Å². The van der Waals surface area contributed by atoms with Gasteiger partial charge >= 0.3 is 0 Å². The molecule has 1 fully saturated rings. The molecule has 4 heterocycles. The van der Waals surface area contributed by atoms with Crippen LogP contribution in [0, 0.1) is 13.8 Å². The Labute approximate surface area is 192 Å². The standard InChI is InChI=1S/C23H29N5O3S/c1-16-17(2)31-23(25-16)32-15-20-11-21(28-7-9-30-10-8-28)12-22(27-20)24-13-18-5-4-6-19(26-18)14-29-3/h4-6,11-12H,7-10,13-15H2,1-3H3,(H,24,27). The van der Waals surface area contributed by atoms with E-state index in [2.05, 4.69) is 32.3 Å². The average molecular weight is 456 g/mol. The Bertz CT molecular complexity index is 1020. The molecular formula is C23H29N5O3S. The van der Waals surface area contributed by atoms with Gasteiger partial charge in [-0.15, -0.1) is 0 Å². The second kappa shape index (κ2) is 10.8. The summed E-state index contributed by atoms with van der Waals surface area (Å²) in [6.07, 6.45) is 0. The van der Waals surface area contributed by atoms with Gasteiger partial charge in [-0.25, -0.2) is 9.97 Å². The van der Waals surface area contributed by atoms with Crippen molar-refractivity contribution in [2.75, 3.05) is 43.6 Å². The highest BCUT2D eigenvalue weighted by Crippen LogP contribution is 2.27. The molecule has 170 valence electrons. The van der Waals surface area contributed by atoms with E-state index in [1.807, 2.05) is 32.0 Å². The van der Waals surface area contributed by atoms with Crippen LogP contribution < -0.4 is 10.2 Å². The highest BCUT2D eigenvalue weighted by molar-refractivity contribution is 7.98. The topological polar surface area (TPSA) is 85.5 Å². The van der Waals surface area contributed by atoms with Crippen LogP contribution in [0.3, 0.4) is 0 Å². The first-order valence-electron chi connectivity index (χ1n) is 10.7. The Kier molecular flexibility index (Phi) is 7.62. The zero-order valence-electron chi connectivity index (χ0n) is 18.8. The average Bonchev–Trinajstić information content (AvgIpc) is 3.14. The number of hydrogen-bond acceptors (Lipinski definition) is 9. The lowest BCUT2D eigenvalue weighted by Gasteiger charge is -2.29. The molecule has 0 atom stereocenters. The molecule has 1 N–H and O–H groups in total. The Morgan fingerprint density at radius 2 is 1.88 bits per heavy atom. The number of thioether (sulfide) groups is 1. The summed E-state index contributed by atoms with van der Waals surface area (Å²) in [5.41, 5.74) is 4.89. The lowest BCUT2D eigenvalue weighted by molar-refractivity contribution is 0.122. The summed E-state index contributed by atoms with van der Waals surface area (Å²) in [6.45, 7) is 8.19. The zero-order valence-corrected chi connectivity index (χ0v) is 19.6. The number of nitrogens with one attached hydrogen (secondary N) is 1. The summed E-state index contributed by atoms with van der Waals surface area (Å²) in [5, 5.41) is 4.11. The van der Waals surface area contributed by atoms with Crippen molar-refractivity contribution < 1.29 is 13.9 Å². The molecule has 9 heteroatoms. The van der Waals surface area contributed by atoms with E-state index in [0.717, 1.165) is 66.3 Å². The quantitative estimate of drug-likeness (QED) is 0.482. The molecule has 0 aliphatic carbocycles. The van der Waals surface area contributed by atoms with Gasteiger partial charge in [0.2, 0.25) is 0 Å². The van der Waals surface area contributed by atoms with E-state index < -0.39 is 0 Å². The van der Waals surface area contributed by atoms with Crippen LogP contribution in [-0.4, -0.2) is 48.4 Å². The predicted octanol–water partition coefficient (Wildman–Crippen LogP) is 3.97. The van der Waals surface area contributed by atoms with Crippen molar-refractivity contribution in [2.45, 2.75) is 38.0 Å². The van der Waals surface area contributed by atoms with Crippen molar-refractivity contribution in [3.8, 4) is 0 Å². The van der Waals surface area contributed by atoms with E-state index in [0.29, 0.717) is 24.1 Å². The molecule has 0 bridgehead atoms. The largest absolute Gasteiger partial charge is 0.437 e. The number of pyridine rings is 2. The summed E-state index contributed by atoms with van der Waals surface area (Å²) >= 11 is 1.56. The van der Waals surface area contributed by atoms with Gasteiger partial charge in [0.1, 0.15) is 11.6 Å². The number of anilines is 2. The minimum Gasteiger partial charge on any atom is -0.437 e. The SMILES string of the molecule is COCc1cccc(CNc2cc(N3CCOCC3)cc(CSc3nc(C)c(C)o3)n2)n1. The molecule has 0 unspecified atom stereocenters. The van der Waals surface area contributed by atoms with Gasteiger partial charge in [-0.3, -0.25) is 4.98 Å². The normalized spacial score (nSPS) is 14.0. The minimum absolute atomic E-state index is 0.500. The summed E-state index contributed by atoms with van der Waals surface area (Å²) in [5.74, 6) is 2.35. The Hall–Kier alpha value is -2.62. The summed E-state index contributed by atoms with van der Waals surface area (Å²) in [4.78, 5) is 16.3. The number of ether oxygens (including phenoxy) is 2. The highest BCUT2D eigenvalue weighted by Gasteiger charge is 2.15. The molecule has 3 aromatic rings. The first-order valence-corrected chi connectivity index (χ1v) is 11.7. The van der Waals surface area contributed by atoms with Gasteiger partial charge in [0.25, 0.3) is 5.22 Å². The van der Waals surface area contributed by atoms with Crippen molar-refractivity contribution in [2.24, 2.45) is 0 Å². The van der Waals surface area contributed by atoms with Crippen LogP contribution >= 0.6 is 11.8 Å². The second-order valence-electron chi connectivity index (χ2n) is 7.62. The van der Waals surface area contributed by atoms with Crippen molar-refractivity contribution in [3.05, 3.63) is 58.9 Å². The number of morpholine rings is 1. The van der Waals surface area contributed by atoms with Gasteiger partial charge in [0, 0.05) is 37.7 Å². The van der Waals surface area contributed by atoms with Crippen LogP contribution in [0.5, 0.6) is 0 Å². The maximum atomic E-state index is 5.71. The highest BCUT2D eigenvalue weighted by atomic mass is 32.2. The molecule has 0 spiro atoms. The van der Waals surface area contributed by atoms with Crippen LogP contribution in [0.15, 0.2) is 40.0 Å². The fourth-order valence-corrected chi connectivity index (χ4v) is 4.22. The number of nitrogens with zero attached hydrogens (tertiary/aromatic N) is 4. The van der Waals surface area contributed by atoms with Gasteiger partial charge in [0.05, 0.1) is 49.1 Å². The number of oxazole rings is 1. The third-order valence-electron chi connectivity index (χ3n) is 5.20. The Morgan fingerprint density at radius 3 is 2.62 bits per heavy atom. The molecule has 1 aliphatic heterocycles. The van der Waals surface area contributed by atoms with Gasteiger partial charge < -0.3 is 24.1 Å². The van der Waals surface area contributed by atoms with E-state index in [4.69, 9.17) is 18.9 Å². The van der Waals surface area contributed by atoms with E-state index in [1.54, 1.807) is 18.9 Å². The fraction of sp³-hybridized carbons (Fsp3) is 0.435. The molecule has 0 saturated carbocycles. The van der Waals surface area contributed by atoms with Gasteiger partial charge in [0.15, 0.2) is 0 Å². The molecule has 32 heavy (non-hydrogen) atoms. The van der Waals surface area contributed by atoms with Gasteiger partial charge in [-0.1, -0.05) is 17.8 Å². The number of hydrogen-bond donors (Lipinski definition) is 1. The monoisotopic (exact) mass is 455 g/mol. The molecule has 4 rings (SSSR count). The Balaban J connectivity index is 1.50. The lowest BCUT2D eigenvalue weighted by Crippen LogP contribution is -2.36. The fourth-order valence-electron chi connectivity index (χ4n) is 3.42. The maximum absolute atomic E-state index is 5.71. The number of methoxy groups -OCH3 is 1. The molecule has 0 aromatic carbocycles. The smallest absolute Gasteiger partial charge is 0.256 e. The van der Waals surface area contributed by atoms with Gasteiger partial charge in [-0.05, 0) is 32.0 Å². The summed E-state index contributed by atoms with van der Waals surface area (Å²) in [6, 6.07) is 10.2. The first kappa shape index (κ1) is 22.6. The van der Waals surface area contributed by atoms with Crippen LogP contribution in [0.4, 0.5) is 11.5 Å². The van der Waals surface area contributed by atoms with Crippen molar-refractivity contribution in [1.82, 2.24) is 15.0 Å². The van der Waals surface area contributed by atoms with Crippen molar-refractivity contribution >= 4 is 23.3 Å². The van der Waals surface area contributed by atoms with Crippen LogP contribution in [-0.2, 0) is 28.4 Å². The van der Waals surface area contributed by atoms with Crippen LogP contribution in [0.1, 0.15) is 28.5 Å². The minimum atomic E-state index is 0.500.